The van der Waals surface area contributed by atoms with Crippen LogP contribution in [0, 0.1) is 6.92 Å². The summed E-state index contributed by atoms with van der Waals surface area (Å²) in [6, 6.07) is 6.35. The maximum Gasteiger partial charge on any atom is 0.114 e. The Morgan fingerprint density at radius 1 is 1.35 bits per heavy atom. The van der Waals surface area contributed by atoms with Crippen molar-refractivity contribution in [2.75, 3.05) is 6.54 Å². The second-order valence-corrected chi connectivity index (χ2v) is 5.30. The molecule has 3 nitrogen and oxygen atoms in total. The molecule has 1 aliphatic rings. The Balaban J connectivity index is 2.11. The number of H-pyrrole nitrogens is 1. The number of nitrogens with zero attached hydrogens (tertiary/aromatic N) is 1. The van der Waals surface area contributed by atoms with Gasteiger partial charge >= 0.3 is 0 Å². The Morgan fingerprint density at radius 3 is 2.82 bits per heavy atom. The molecule has 0 spiro atoms. The van der Waals surface area contributed by atoms with Crippen molar-refractivity contribution in [1.29, 1.82) is 0 Å². The van der Waals surface area contributed by atoms with Crippen molar-refractivity contribution >= 4 is 11.0 Å². The lowest BCUT2D eigenvalue weighted by atomic mass is 9.85. The number of hydrogen-bond donors (Lipinski definition) is 2. The molecule has 3 N–H and O–H groups in total. The van der Waals surface area contributed by atoms with Crippen molar-refractivity contribution < 1.29 is 0 Å². The third kappa shape index (κ3) is 1.65. The van der Waals surface area contributed by atoms with Crippen molar-refractivity contribution in [3.8, 4) is 0 Å². The summed E-state index contributed by atoms with van der Waals surface area (Å²) in [4.78, 5) is 8.22. The normalized spacial score (nSPS) is 18.9. The van der Waals surface area contributed by atoms with Crippen LogP contribution in [0.3, 0.4) is 0 Å². The highest BCUT2D eigenvalue weighted by Gasteiger charge is 2.36. The molecule has 0 radical (unpaired) electrons. The van der Waals surface area contributed by atoms with Crippen molar-refractivity contribution in [2.45, 2.75) is 38.0 Å². The van der Waals surface area contributed by atoms with Crippen LogP contribution in [0.5, 0.6) is 0 Å². The van der Waals surface area contributed by atoms with Gasteiger partial charge in [-0.05, 0) is 37.5 Å². The fourth-order valence-electron chi connectivity index (χ4n) is 2.96. The van der Waals surface area contributed by atoms with Crippen molar-refractivity contribution in [3.63, 3.8) is 0 Å². The minimum atomic E-state index is 0.104. The fraction of sp³-hybridized carbons (Fsp3) is 0.500. The molecule has 0 bridgehead atoms. The minimum Gasteiger partial charge on any atom is -0.341 e. The number of nitrogens with one attached hydrogen (secondary N) is 1. The van der Waals surface area contributed by atoms with Crippen LogP contribution in [-0.2, 0) is 5.41 Å². The number of fused-ring (bicyclic) bond motifs is 1. The van der Waals surface area contributed by atoms with Crippen LogP contribution in [0.1, 0.15) is 37.1 Å². The third-order valence-electron chi connectivity index (χ3n) is 4.09. The first kappa shape index (κ1) is 10.8. The first-order chi connectivity index (χ1) is 8.23. The maximum atomic E-state index is 5.99. The topological polar surface area (TPSA) is 54.7 Å². The van der Waals surface area contributed by atoms with Gasteiger partial charge in [0.05, 0.1) is 11.0 Å². The predicted octanol–water partition coefficient (Wildman–Crippen LogP) is 2.64. The van der Waals surface area contributed by atoms with E-state index in [-0.39, 0.29) is 5.41 Å². The van der Waals surface area contributed by atoms with E-state index in [1.807, 2.05) is 0 Å². The van der Waals surface area contributed by atoms with Gasteiger partial charge in [-0.25, -0.2) is 4.98 Å². The summed E-state index contributed by atoms with van der Waals surface area (Å²) < 4.78 is 0. The third-order valence-corrected chi connectivity index (χ3v) is 4.09. The van der Waals surface area contributed by atoms with Gasteiger partial charge in [0.1, 0.15) is 5.82 Å². The number of aromatic nitrogens is 2. The zero-order chi connectivity index (χ0) is 11.9. The van der Waals surface area contributed by atoms with E-state index in [0.717, 1.165) is 16.9 Å². The Bertz CT molecular complexity index is 535. The van der Waals surface area contributed by atoms with E-state index < -0.39 is 0 Å². The molecule has 17 heavy (non-hydrogen) atoms. The van der Waals surface area contributed by atoms with E-state index in [9.17, 15) is 0 Å². The number of hydrogen-bond acceptors (Lipinski definition) is 2. The van der Waals surface area contributed by atoms with Crippen LogP contribution in [0.15, 0.2) is 18.2 Å². The summed E-state index contributed by atoms with van der Waals surface area (Å²) in [5, 5.41) is 0. The van der Waals surface area contributed by atoms with Gasteiger partial charge in [-0.2, -0.15) is 0 Å². The molecule has 0 amide bonds. The summed E-state index contributed by atoms with van der Waals surface area (Å²) in [7, 11) is 0. The monoisotopic (exact) mass is 229 g/mol. The molecule has 3 heteroatoms. The largest absolute Gasteiger partial charge is 0.341 e. The van der Waals surface area contributed by atoms with E-state index in [1.165, 1.54) is 31.2 Å². The van der Waals surface area contributed by atoms with Gasteiger partial charge < -0.3 is 10.7 Å². The zero-order valence-electron chi connectivity index (χ0n) is 10.3. The van der Waals surface area contributed by atoms with E-state index in [1.54, 1.807) is 0 Å². The van der Waals surface area contributed by atoms with Gasteiger partial charge in [0, 0.05) is 12.0 Å². The minimum absolute atomic E-state index is 0.104. The average Bonchev–Trinajstić information content (AvgIpc) is 2.94. The highest BCUT2D eigenvalue weighted by molar-refractivity contribution is 5.76. The summed E-state index contributed by atoms with van der Waals surface area (Å²) >= 11 is 0. The molecule has 1 aliphatic carbocycles. The van der Waals surface area contributed by atoms with Gasteiger partial charge in [0.25, 0.3) is 0 Å². The molecule has 90 valence electrons. The predicted molar refractivity (Wildman–Crippen MR) is 70.0 cm³/mol. The molecule has 3 rings (SSSR count). The first-order valence-electron chi connectivity index (χ1n) is 6.40. The Hall–Kier alpha value is -1.35. The molecule has 0 aliphatic heterocycles. The van der Waals surface area contributed by atoms with Gasteiger partial charge in [0.15, 0.2) is 0 Å². The molecule has 0 unspecified atom stereocenters. The van der Waals surface area contributed by atoms with Crippen LogP contribution < -0.4 is 5.73 Å². The van der Waals surface area contributed by atoms with E-state index in [2.05, 4.69) is 30.1 Å². The molecule has 1 saturated carbocycles. The molecule has 1 aromatic carbocycles. The highest BCUT2D eigenvalue weighted by atomic mass is 15.0. The summed E-state index contributed by atoms with van der Waals surface area (Å²) in [6.07, 6.45) is 4.88. The fourth-order valence-corrected chi connectivity index (χ4v) is 2.96. The lowest BCUT2D eigenvalue weighted by Crippen LogP contribution is -2.33. The van der Waals surface area contributed by atoms with E-state index >= 15 is 0 Å². The zero-order valence-corrected chi connectivity index (χ0v) is 10.3. The van der Waals surface area contributed by atoms with Gasteiger partial charge in [-0.3, -0.25) is 0 Å². The molecule has 1 heterocycles. The lowest BCUT2D eigenvalue weighted by molar-refractivity contribution is 0.430. The summed E-state index contributed by atoms with van der Waals surface area (Å²) in [5.41, 5.74) is 9.56. The number of nitrogens with two attached hydrogens (primary N) is 1. The van der Waals surface area contributed by atoms with Crippen molar-refractivity contribution in [3.05, 3.63) is 29.6 Å². The van der Waals surface area contributed by atoms with Crippen LogP contribution >= 0.6 is 0 Å². The molecule has 2 aromatic rings. The van der Waals surface area contributed by atoms with Gasteiger partial charge in [-0.1, -0.05) is 18.9 Å². The SMILES string of the molecule is Cc1ccc2nc(C3(CN)CCCC3)[nH]c2c1. The Labute approximate surface area is 101 Å². The summed E-state index contributed by atoms with van der Waals surface area (Å²) in [5.74, 6) is 1.10. The standard InChI is InChI=1S/C14H19N3/c1-10-4-5-11-12(8-10)17-13(16-11)14(9-15)6-2-3-7-14/h4-5,8H,2-3,6-7,9,15H2,1H3,(H,16,17). The van der Waals surface area contributed by atoms with E-state index in [0.29, 0.717) is 6.54 Å². The number of imidazole rings is 1. The molecule has 0 atom stereocenters. The van der Waals surface area contributed by atoms with Crippen molar-refractivity contribution in [1.82, 2.24) is 9.97 Å². The second-order valence-electron chi connectivity index (χ2n) is 5.30. The molecule has 1 fully saturated rings. The number of rotatable bonds is 2. The first-order valence-corrected chi connectivity index (χ1v) is 6.40. The maximum absolute atomic E-state index is 5.99. The number of aryl methyl sites for hydroxylation is 1. The van der Waals surface area contributed by atoms with E-state index in [4.69, 9.17) is 10.7 Å². The molecular weight excluding hydrogens is 210 g/mol. The molecule has 1 aromatic heterocycles. The lowest BCUT2D eigenvalue weighted by Gasteiger charge is -2.24. The van der Waals surface area contributed by atoms with Crippen LogP contribution in [0.4, 0.5) is 0 Å². The van der Waals surface area contributed by atoms with Gasteiger partial charge in [-0.15, -0.1) is 0 Å². The Kier molecular flexibility index (Phi) is 2.44. The van der Waals surface area contributed by atoms with Crippen LogP contribution in [0.2, 0.25) is 0 Å². The van der Waals surface area contributed by atoms with Gasteiger partial charge in [0.2, 0.25) is 0 Å². The van der Waals surface area contributed by atoms with Crippen molar-refractivity contribution in [2.24, 2.45) is 5.73 Å². The Morgan fingerprint density at radius 2 is 2.12 bits per heavy atom. The highest BCUT2D eigenvalue weighted by Crippen LogP contribution is 2.39. The van der Waals surface area contributed by atoms with Crippen LogP contribution in [0.25, 0.3) is 11.0 Å². The molecule has 0 saturated heterocycles. The average molecular weight is 229 g/mol. The quantitative estimate of drug-likeness (QED) is 0.831. The number of benzene rings is 1. The smallest absolute Gasteiger partial charge is 0.114 e. The summed E-state index contributed by atoms with van der Waals surface area (Å²) in [6.45, 7) is 2.81. The second kappa shape index (κ2) is 3.84. The number of aromatic amines is 1. The van der Waals surface area contributed by atoms with Crippen LogP contribution in [-0.4, -0.2) is 16.5 Å². The molecular formula is C14H19N3.